The molecule has 0 aliphatic carbocycles. The SMILES string of the molecule is CC=C(B(O)O)N(C)NC. The van der Waals surface area contributed by atoms with E-state index in [0.717, 1.165) is 0 Å². The molecule has 0 saturated carbocycles. The lowest BCUT2D eigenvalue weighted by Crippen LogP contribution is -2.37. The molecule has 0 heterocycles. The fourth-order valence-corrected chi connectivity index (χ4v) is 0.645. The van der Waals surface area contributed by atoms with Crippen LogP contribution in [-0.4, -0.2) is 36.3 Å². The second kappa shape index (κ2) is 4.32. The van der Waals surface area contributed by atoms with Crippen LogP contribution < -0.4 is 5.43 Å². The van der Waals surface area contributed by atoms with Crippen molar-refractivity contribution in [2.75, 3.05) is 14.1 Å². The van der Waals surface area contributed by atoms with Gasteiger partial charge in [-0.2, -0.15) is 0 Å². The lowest BCUT2D eigenvalue weighted by molar-refractivity contribution is 0.315. The molecule has 0 aliphatic heterocycles. The van der Waals surface area contributed by atoms with Crippen LogP contribution in [0.5, 0.6) is 0 Å². The molecule has 4 nitrogen and oxygen atoms in total. The Hall–Kier alpha value is -0.515. The van der Waals surface area contributed by atoms with Gasteiger partial charge in [0.25, 0.3) is 0 Å². The van der Waals surface area contributed by atoms with E-state index in [2.05, 4.69) is 5.43 Å². The van der Waals surface area contributed by atoms with E-state index in [1.165, 1.54) is 5.01 Å². The predicted molar refractivity (Wildman–Crippen MR) is 40.8 cm³/mol. The van der Waals surface area contributed by atoms with E-state index in [1.54, 1.807) is 27.1 Å². The molecule has 0 aromatic rings. The van der Waals surface area contributed by atoms with Gasteiger partial charge in [-0.05, 0) is 6.92 Å². The van der Waals surface area contributed by atoms with Gasteiger partial charge in [-0.25, -0.2) is 5.43 Å². The molecule has 3 N–H and O–H groups in total. The standard InChI is InChI=1S/C5H13BN2O2/c1-4-5(6(9)10)8(3)7-2/h4,7,9-10H,1-3H3. The molecule has 0 aliphatic rings. The van der Waals surface area contributed by atoms with Crippen molar-refractivity contribution in [3.8, 4) is 0 Å². The van der Waals surface area contributed by atoms with Crippen molar-refractivity contribution >= 4 is 7.12 Å². The van der Waals surface area contributed by atoms with Gasteiger partial charge in [0.2, 0.25) is 0 Å². The van der Waals surface area contributed by atoms with Crippen molar-refractivity contribution < 1.29 is 10.0 Å². The normalized spacial score (nSPS) is 11.5. The summed E-state index contributed by atoms with van der Waals surface area (Å²) in [6.45, 7) is 1.74. The molecule has 0 bridgehead atoms. The smallest absolute Gasteiger partial charge is 0.422 e. The van der Waals surface area contributed by atoms with Gasteiger partial charge in [0.1, 0.15) is 0 Å². The fraction of sp³-hybridized carbons (Fsp3) is 0.600. The van der Waals surface area contributed by atoms with E-state index < -0.39 is 7.12 Å². The Kier molecular flexibility index (Phi) is 4.10. The highest BCUT2D eigenvalue weighted by Gasteiger charge is 2.16. The van der Waals surface area contributed by atoms with E-state index in [0.29, 0.717) is 5.60 Å². The maximum absolute atomic E-state index is 8.72. The minimum atomic E-state index is -1.41. The summed E-state index contributed by atoms with van der Waals surface area (Å²) in [6, 6.07) is 0. The zero-order chi connectivity index (χ0) is 8.15. The second-order valence-electron chi connectivity index (χ2n) is 1.87. The first-order valence-corrected chi connectivity index (χ1v) is 3.07. The largest absolute Gasteiger partial charge is 0.506 e. The number of rotatable bonds is 3. The first-order chi connectivity index (χ1) is 4.63. The highest BCUT2D eigenvalue weighted by atomic mass is 16.4. The Bertz CT molecular complexity index is 127. The summed E-state index contributed by atoms with van der Waals surface area (Å²) in [5.74, 6) is 0. The minimum absolute atomic E-state index is 0.433. The summed E-state index contributed by atoms with van der Waals surface area (Å²) in [4.78, 5) is 0. The van der Waals surface area contributed by atoms with Crippen LogP contribution in [0, 0.1) is 0 Å². The molecule has 0 rings (SSSR count). The molecule has 0 atom stereocenters. The zero-order valence-electron chi connectivity index (χ0n) is 6.50. The van der Waals surface area contributed by atoms with E-state index >= 15 is 0 Å². The molecule has 58 valence electrons. The van der Waals surface area contributed by atoms with Gasteiger partial charge in [0.05, 0.1) is 5.60 Å². The number of nitrogens with zero attached hydrogens (tertiary/aromatic N) is 1. The van der Waals surface area contributed by atoms with Crippen molar-refractivity contribution in [1.29, 1.82) is 0 Å². The highest BCUT2D eigenvalue weighted by molar-refractivity contribution is 6.50. The average molecular weight is 144 g/mol. The molecular weight excluding hydrogens is 131 g/mol. The average Bonchev–Trinajstić information content (AvgIpc) is 1.88. The summed E-state index contributed by atoms with van der Waals surface area (Å²) in [7, 11) is 1.99. The summed E-state index contributed by atoms with van der Waals surface area (Å²) >= 11 is 0. The number of allylic oxidation sites excluding steroid dienone is 1. The maximum atomic E-state index is 8.72. The summed E-state index contributed by atoms with van der Waals surface area (Å²) < 4.78 is 0. The van der Waals surface area contributed by atoms with Gasteiger partial charge in [-0.15, -0.1) is 0 Å². The van der Waals surface area contributed by atoms with Crippen molar-refractivity contribution in [3.05, 3.63) is 11.7 Å². The van der Waals surface area contributed by atoms with Crippen molar-refractivity contribution in [1.82, 2.24) is 10.4 Å². The van der Waals surface area contributed by atoms with Crippen LogP contribution in [0.2, 0.25) is 0 Å². The van der Waals surface area contributed by atoms with Crippen LogP contribution in [0.4, 0.5) is 0 Å². The second-order valence-corrected chi connectivity index (χ2v) is 1.87. The Labute approximate surface area is 61.3 Å². The van der Waals surface area contributed by atoms with Crippen LogP contribution in [0.15, 0.2) is 11.7 Å². The lowest BCUT2D eigenvalue weighted by Gasteiger charge is -2.19. The molecular formula is C5H13BN2O2. The van der Waals surface area contributed by atoms with Crippen LogP contribution in [-0.2, 0) is 0 Å². The third-order valence-electron chi connectivity index (χ3n) is 1.28. The van der Waals surface area contributed by atoms with Gasteiger partial charge in [0, 0.05) is 14.1 Å². The molecule has 0 aromatic carbocycles. The first-order valence-electron chi connectivity index (χ1n) is 3.07. The van der Waals surface area contributed by atoms with Crippen LogP contribution in [0.25, 0.3) is 0 Å². The minimum Gasteiger partial charge on any atom is -0.422 e. The number of hydrogen-bond donors (Lipinski definition) is 3. The lowest BCUT2D eigenvalue weighted by atomic mass is 9.85. The van der Waals surface area contributed by atoms with E-state index in [-0.39, 0.29) is 0 Å². The molecule has 0 fully saturated rings. The molecule has 0 aromatic heterocycles. The van der Waals surface area contributed by atoms with Gasteiger partial charge >= 0.3 is 7.12 Å². The van der Waals surface area contributed by atoms with Crippen molar-refractivity contribution in [3.63, 3.8) is 0 Å². The molecule has 5 heteroatoms. The molecule has 10 heavy (non-hydrogen) atoms. The van der Waals surface area contributed by atoms with Crippen molar-refractivity contribution in [2.45, 2.75) is 6.92 Å². The topological polar surface area (TPSA) is 55.7 Å². The third kappa shape index (κ3) is 2.39. The Morgan fingerprint density at radius 1 is 1.60 bits per heavy atom. The quantitative estimate of drug-likeness (QED) is 0.350. The van der Waals surface area contributed by atoms with Crippen LogP contribution >= 0.6 is 0 Å². The summed E-state index contributed by atoms with van der Waals surface area (Å²) in [5.41, 5.74) is 3.18. The Morgan fingerprint density at radius 3 is 2.20 bits per heavy atom. The van der Waals surface area contributed by atoms with Crippen LogP contribution in [0.1, 0.15) is 6.92 Å². The van der Waals surface area contributed by atoms with Gasteiger partial charge < -0.3 is 15.1 Å². The Balaban J connectivity index is 4.08. The van der Waals surface area contributed by atoms with E-state index in [9.17, 15) is 0 Å². The van der Waals surface area contributed by atoms with Crippen molar-refractivity contribution in [2.24, 2.45) is 0 Å². The summed E-state index contributed by atoms with van der Waals surface area (Å²) in [5, 5.41) is 19.0. The molecule has 0 saturated heterocycles. The third-order valence-corrected chi connectivity index (χ3v) is 1.28. The molecule has 0 amide bonds. The zero-order valence-corrected chi connectivity index (χ0v) is 6.50. The monoisotopic (exact) mass is 144 g/mol. The van der Waals surface area contributed by atoms with Gasteiger partial charge in [0.15, 0.2) is 0 Å². The molecule has 0 radical (unpaired) electrons. The van der Waals surface area contributed by atoms with E-state index in [1.807, 2.05) is 0 Å². The first kappa shape index (κ1) is 9.48. The fourth-order valence-electron chi connectivity index (χ4n) is 0.645. The highest BCUT2D eigenvalue weighted by Crippen LogP contribution is 1.97. The number of hydrogen-bond acceptors (Lipinski definition) is 4. The predicted octanol–water partition coefficient (Wildman–Crippen LogP) is -1.03. The Morgan fingerprint density at radius 2 is 2.10 bits per heavy atom. The van der Waals surface area contributed by atoms with Crippen LogP contribution in [0.3, 0.4) is 0 Å². The maximum Gasteiger partial charge on any atom is 0.506 e. The molecule has 0 unspecified atom stereocenters. The van der Waals surface area contributed by atoms with Gasteiger partial charge in [-0.1, -0.05) is 6.08 Å². The number of hydrazine groups is 1. The number of nitrogens with one attached hydrogen (secondary N) is 1. The summed E-state index contributed by atoms with van der Waals surface area (Å²) in [6.07, 6.45) is 1.63. The molecule has 0 spiro atoms. The van der Waals surface area contributed by atoms with E-state index in [4.69, 9.17) is 10.0 Å². The van der Waals surface area contributed by atoms with Gasteiger partial charge in [-0.3, -0.25) is 0 Å².